The molecule has 0 radical (unpaired) electrons. The first kappa shape index (κ1) is 10.4. The average Bonchev–Trinajstić information content (AvgIpc) is 3.09. The topological polar surface area (TPSA) is 35.2 Å². The lowest BCUT2D eigenvalue weighted by Gasteiger charge is -2.06. The number of para-hydroxylation sites is 1. The molecule has 0 saturated heterocycles. The molecule has 2 heteroatoms. The number of rotatable bonds is 3. The van der Waals surface area contributed by atoms with Crippen molar-refractivity contribution in [2.75, 3.05) is 0 Å². The number of hydrogen-bond acceptors (Lipinski definition) is 2. The molecule has 3 rings (SSSR count). The first-order chi connectivity index (χ1) is 8.33. The highest BCUT2D eigenvalue weighted by Crippen LogP contribution is 2.39. The van der Waals surface area contributed by atoms with Gasteiger partial charge in [-0.3, -0.25) is 0 Å². The average molecular weight is 225 g/mol. The van der Waals surface area contributed by atoms with Gasteiger partial charge in [-0.05, 0) is 36.2 Å². The third-order valence-electron chi connectivity index (χ3n) is 3.13. The summed E-state index contributed by atoms with van der Waals surface area (Å²) in [5, 5.41) is 0. The molecule has 17 heavy (non-hydrogen) atoms. The van der Waals surface area contributed by atoms with E-state index in [-0.39, 0.29) is 0 Å². The van der Waals surface area contributed by atoms with Crippen molar-refractivity contribution in [2.24, 2.45) is 5.73 Å². The van der Waals surface area contributed by atoms with Crippen molar-refractivity contribution in [1.82, 2.24) is 0 Å². The minimum absolute atomic E-state index is 0.357. The Balaban J connectivity index is 1.72. The van der Waals surface area contributed by atoms with E-state index in [1.54, 1.807) is 0 Å². The minimum atomic E-state index is 0.357. The maximum absolute atomic E-state index is 5.83. The Hall–Kier alpha value is -1.80. The number of ether oxygens (including phenoxy) is 1. The van der Waals surface area contributed by atoms with E-state index in [4.69, 9.17) is 10.5 Å². The maximum atomic E-state index is 5.83. The van der Waals surface area contributed by atoms with Gasteiger partial charge < -0.3 is 10.5 Å². The molecule has 0 bridgehead atoms. The van der Waals surface area contributed by atoms with Gasteiger partial charge in [0.05, 0.1) is 0 Å². The summed E-state index contributed by atoms with van der Waals surface area (Å²) in [7, 11) is 0. The van der Waals surface area contributed by atoms with E-state index >= 15 is 0 Å². The standard InChI is InChI=1S/C15H15NO/c16-15-10-14(15)11-6-8-13(9-7-11)17-12-4-2-1-3-5-12/h1-9,14-15H,10,16H2/t14-,15+/m0/s1. The summed E-state index contributed by atoms with van der Waals surface area (Å²) in [4.78, 5) is 0. The summed E-state index contributed by atoms with van der Waals surface area (Å²) in [6.07, 6.45) is 1.11. The molecule has 86 valence electrons. The Morgan fingerprint density at radius 2 is 1.47 bits per heavy atom. The fourth-order valence-corrected chi connectivity index (χ4v) is 2.01. The summed E-state index contributed by atoms with van der Waals surface area (Å²) < 4.78 is 5.73. The Labute approximate surface area is 101 Å². The lowest BCUT2D eigenvalue weighted by Crippen LogP contribution is -2.00. The van der Waals surface area contributed by atoms with Crippen molar-refractivity contribution in [3.8, 4) is 11.5 Å². The molecular weight excluding hydrogens is 210 g/mol. The molecule has 2 aromatic rings. The van der Waals surface area contributed by atoms with Gasteiger partial charge in [-0.1, -0.05) is 30.3 Å². The smallest absolute Gasteiger partial charge is 0.127 e. The van der Waals surface area contributed by atoms with Crippen LogP contribution in [0.3, 0.4) is 0 Å². The van der Waals surface area contributed by atoms with Crippen LogP contribution in [0.25, 0.3) is 0 Å². The van der Waals surface area contributed by atoms with Crippen molar-refractivity contribution < 1.29 is 4.74 Å². The molecule has 2 atom stereocenters. The normalized spacial score (nSPS) is 22.2. The zero-order valence-corrected chi connectivity index (χ0v) is 9.54. The van der Waals surface area contributed by atoms with Crippen molar-refractivity contribution in [1.29, 1.82) is 0 Å². The zero-order chi connectivity index (χ0) is 11.7. The Morgan fingerprint density at radius 1 is 0.882 bits per heavy atom. The number of nitrogens with two attached hydrogens (primary N) is 1. The molecule has 2 aromatic carbocycles. The molecule has 0 aliphatic heterocycles. The Kier molecular flexibility index (Phi) is 2.57. The van der Waals surface area contributed by atoms with Crippen LogP contribution in [-0.4, -0.2) is 6.04 Å². The highest BCUT2D eigenvalue weighted by atomic mass is 16.5. The zero-order valence-electron chi connectivity index (χ0n) is 9.54. The fraction of sp³-hybridized carbons (Fsp3) is 0.200. The van der Waals surface area contributed by atoms with Crippen LogP contribution in [-0.2, 0) is 0 Å². The molecule has 0 unspecified atom stereocenters. The monoisotopic (exact) mass is 225 g/mol. The van der Waals surface area contributed by atoms with E-state index in [0.717, 1.165) is 17.9 Å². The van der Waals surface area contributed by atoms with E-state index in [1.165, 1.54) is 5.56 Å². The lowest BCUT2D eigenvalue weighted by atomic mass is 10.1. The van der Waals surface area contributed by atoms with E-state index in [9.17, 15) is 0 Å². The predicted molar refractivity (Wildman–Crippen MR) is 68.3 cm³/mol. The summed E-state index contributed by atoms with van der Waals surface area (Å²) in [5.41, 5.74) is 7.15. The van der Waals surface area contributed by atoms with Gasteiger partial charge in [-0.25, -0.2) is 0 Å². The van der Waals surface area contributed by atoms with Gasteiger partial charge >= 0.3 is 0 Å². The molecule has 2 nitrogen and oxygen atoms in total. The number of hydrogen-bond donors (Lipinski definition) is 1. The van der Waals surface area contributed by atoms with Crippen LogP contribution in [0.1, 0.15) is 17.9 Å². The Bertz CT molecular complexity index is 492. The molecule has 1 aliphatic carbocycles. The van der Waals surface area contributed by atoms with Crippen LogP contribution in [0.5, 0.6) is 11.5 Å². The molecular formula is C15H15NO. The molecule has 1 fully saturated rings. The van der Waals surface area contributed by atoms with Gasteiger partial charge in [0.1, 0.15) is 11.5 Å². The first-order valence-corrected chi connectivity index (χ1v) is 5.91. The third kappa shape index (κ3) is 2.32. The minimum Gasteiger partial charge on any atom is -0.457 e. The van der Waals surface area contributed by atoms with Crippen LogP contribution in [0.15, 0.2) is 54.6 Å². The van der Waals surface area contributed by atoms with E-state index in [2.05, 4.69) is 12.1 Å². The van der Waals surface area contributed by atoms with Crippen LogP contribution < -0.4 is 10.5 Å². The second-order valence-corrected chi connectivity index (χ2v) is 4.49. The van der Waals surface area contributed by atoms with Crippen molar-refractivity contribution in [2.45, 2.75) is 18.4 Å². The Morgan fingerprint density at radius 3 is 2.06 bits per heavy atom. The highest BCUT2D eigenvalue weighted by molar-refractivity contribution is 5.36. The first-order valence-electron chi connectivity index (χ1n) is 5.91. The predicted octanol–water partition coefficient (Wildman–Crippen LogP) is 3.29. The second kappa shape index (κ2) is 4.22. The third-order valence-corrected chi connectivity index (χ3v) is 3.13. The molecule has 0 amide bonds. The fourth-order valence-electron chi connectivity index (χ4n) is 2.01. The second-order valence-electron chi connectivity index (χ2n) is 4.49. The molecule has 0 spiro atoms. The maximum Gasteiger partial charge on any atom is 0.127 e. The van der Waals surface area contributed by atoms with Crippen molar-refractivity contribution in [3.05, 3.63) is 60.2 Å². The van der Waals surface area contributed by atoms with Crippen molar-refractivity contribution in [3.63, 3.8) is 0 Å². The summed E-state index contributed by atoms with van der Waals surface area (Å²) in [5.74, 6) is 2.29. The van der Waals surface area contributed by atoms with Gasteiger partial charge in [-0.2, -0.15) is 0 Å². The summed E-state index contributed by atoms with van der Waals surface area (Å²) in [6, 6.07) is 18.4. The van der Waals surface area contributed by atoms with Gasteiger partial charge in [0, 0.05) is 12.0 Å². The van der Waals surface area contributed by atoms with Crippen molar-refractivity contribution >= 4 is 0 Å². The molecule has 0 aromatic heterocycles. The SMILES string of the molecule is N[C@@H]1C[C@H]1c1ccc(Oc2ccccc2)cc1. The lowest BCUT2D eigenvalue weighted by molar-refractivity contribution is 0.482. The molecule has 2 N–H and O–H groups in total. The molecule has 1 aliphatic rings. The van der Waals surface area contributed by atoms with Gasteiger partial charge in [0.15, 0.2) is 0 Å². The number of benzene rings is 2. The quantitative estimate of drug-likeness (QED) is 0.869. The van der Waals surface area contributed by atoms with Crippen LogP contribution in [0.2, 0.25) is 0 Å². The molecule has 1 saturated carbocycles. The summed E-state index contributed by atoms with van der Waals surface area (Å²) >= 11 is 0. The van der Waals surface area contributed by atoms with E-state index in [0.29, 0.717) is 12.0 Å². The summed E-state index contributed by atoms with van der Waals surface area (Å²) in [6.45, 7) is 0. The van der Waals surface area contributed by atoms with Gasteiger partial charge in [0.25, 0.3) is 0 Å². The van der Waals surface area contributed by atoms with E-state index < -0.39 is 0 Å². The largest absolute Gasteiger partial charge is 0.457 e. The van der Waals surface area contributed by atoms with Crippen LogP contribution >= 0.6 is 0 Å². The van der Waals surface area contributed by atoms with Crippen LogP contribution in [0.4, 0.5) is 0 Å². The van der Waals surface area contributed by atoms with Crippen LogP contribution in [0, 0.1) is 0 Å². The van der Waals surface area contributed by atoms with Gasteiger partial charge in [-0.15, -0.1) is 0 Å². The van der Waals surface area contributed by atoms with E-state index in [1.807, 2.05) is 42.5 Å². The highest BCUT2D eigenvalue weighted by Gasteiger charge is 2.34. The van der Waals surface area contributed by atoms with Gasteiger partial charge in [0.2, 0.25) is 0 Å². The molecule has 0 heterocycles.